The van der Waals surface area contributed by atoms with Crippen molar-refractivity contribution in [3.63, 3.8) is 0 Å². The molecule has 80 valence electrons. The fraction of sp³-hybridized carbons (Fsp3) is 0.700. The lowest BCUT2D eigenvalue weighted by atomic mass is 10.6. The fourth-order valence-electron chi connectivity index (χ4n) is 1.63. The molecular weight excluding hydrogens is 204 g/mol. The van der Waals surface area contributed by atoms with E-state index < -0.39 is 15.3 Å². The number of rotatable bonds is 3. The summed E-state index contributed by atoms with van der Waals surface area (Å²) in [5, 5.41) is 0. The SMILES string of the molecule is CC(C)[Si](C)(C)[Si](C)(C)n1ccnc1. The second kappa shape index (κ2) is 3.66. The Morgan fingerprint density at radius 1 is 1.14 bits per heavy atom. The molecule has 1 rings (SSSR count). The summed E-state index contributed by atoms with van der Waals surface area (Å²) in [6.45, 7) is 14.7. The van der Waals surface area contributed by atoms with Gasteiger partial charge in [0.2, 0.25) is 0 Å². The minimum Gasteiger partial charge on any atom is -0.367 e. The van der Waals surface area contributed by atoms with Gasteiger partial charge in [-0.15, -0.1) is 0 Å². The zero-order valence-corrected chi connectivity index (χ0v) is 12.2. The Morgan fingerprint density at radius 3 is 2.07 bits per heavy atom. The maximum atomic E-state index is 4.18. The van der Waals surface area contributed by atoms with Gasteiger partial charge in [0.1, 0.15) is 7.75 Å². The van der Waals surface area contributed by atoms with Crippen LogP contribution in [0.1, 0.15) is 13.8 Å². The van der Waals surface area contributed by atoms with Gasteiger partial charge in [-0.1, -0.05) is 45.6 Å². The molecule has 4 heteroatoms. The van der Waals surface area contributed by atoms with Crippen molar-refractivity contribution in [2.75, 3.05) is 0 Å². The van der Waals surface area contributed by atoms with Crippen molar-refractivity contribution < 1.29 is 0 Å². The second-order valence-corrected chi connectivity index (χ2v) is 21.2. The van der Waals surface area contributed by atoms with Gasteiger partial charge in [0, 0.05) is 12.4 Å². The molecule has 0 fully saturated rings. The van der Waals surface area contributed by atoms with E-state index in [0.29, 0.717) is 0 Å². The molecule has 0 aliphatic carbocycles. The first-order valence-corrected chi connectivity index (χ1v) is 12.3. The lowest BCUT2D eigenvalue weighted by Gasteiger charge is -2.41. The van der Waals surface area contributed by atoms with Crippen molar-refractivity contribution in [3.05, 3.63) is 18.7 Å². The fourth-order valence-corrected chi connectivity index (χ4v) is 11.1. The van der Waals surface area contributed by atoms with Gasteiger partial charge >= 0.3 is 0 Å². The van der Waals surface area contributed by atoms with Gasteiger partial charge in [0.25, 0.3) is 0 Å². The van der Waals surface area contributed by atoms with E-state index in [1.165, 1.54) is 0 Å². The van der Waals surface area contributed by atoms with Crippen molar-refractivity contribution in [3.8, 4) is 0 Å². The van der Waals surface area contributed by atoms with E-state index in [2.05, 4.69) is 55.4 Å². The van der Waals surface area contributed by atoms with E-state index in [0.717, 1.165) is 5.54 Å². The maximum absolute atomic E-state index is 4.18. The summed E-state index contributed by atoms with van der Waals surface area (Å²) in [5.41, 5.74) is 0.839. The average molecular weight is 226 g/mol. The Balaban J connectivity index is 3.07. The van der Waals surface area contributed by atoms with E-state index >= 15 is 0 Å². The minimum absolute atomic E-state index is 0.839. The highest BCUT2D eigenvalue weighted by atomic mass is 29.3. The third kappa shape index (κ3) is 1.73. The summed E-state index contributed by atoms with van der Waals surface area (Å²) in [6.07, 6.45) is 6.05. The monoisotopic (exact) mass is 226 g/mol. The third-order valence-corrected chi connectivity index (χ3v) is 23.7. The van der Waals surface area contributed by atoms with Crippen LogP contribution in [0.25, 0.3) is 0 Å². The molecule has 0 aromatic carbocycles. The zero-order valence-electron chi connectivity index (χ0n) is 10.2. The molecule has 1 heterocycles. The first kappa shape index (κ1) is 11.7. The van der Waals surface area contributed by atoms with Crippen LogP contribution in [0.4, 0.5) is 0 Å². The van der Waals surface area contributed by atoms with Gasteiger partial charge in [-0.3, -0.25) is 0 Å². The number of imidazole rings is 1. The van der Waals surface area contributed by atoms with Crippen molar-refractivity contribution in [1.82, 2.24) is 9.22 Å². The highest BCUT2D eigenvalue weighted by molar-refractivity contribution is 7.40. The molecule has 2 nitrogen and oxygen atoms in total. The predicted octanol–water partition coefficient (Wildman–Crippen LogP) is 3.13. The number of hydrogen-bond donors (Lipinski definition) is 0. The molecule has 1 aromatic rings. The van der Waals surface area contributed by atoms with E-state index in [-0.39, 0.29) is 0 Å². The number of nitrogens with zero attached hydrogens (tertiary/aromatic N) is 2. The first-order chi connectivity index (χ1) is 6.30. The topological polar surface area (TPSA) is 17.8 Å². The molecule has 0 aliphatic rings. The summed E-state index contributed by atoms with van der Waals surface area (Å²) < 4.78 is 2.40. The molecular formula is C10H22N2Si2. The minimum atomic E-state index is -1.32. The second-order valence-electron chi connectivity index (χ2n) is 5.41. The van der Waals surface area contributed by atoms with Crippen LogP contribution in [0.2, 0.25) is 31.7 Å². The van der Waals surface area contributed by atoms with E-state index in [9.17, 15) is 0 Å². The highest BCUT2D eigenvalue weighted by Gasteiger charge is 2.44. The third-order valence-electron chi connectivity index (χ3n) is 4.17. The Bertz CT molecular complexity index is 289. The molecule has 0 unspecified atom stereocenters. The van der Waals surface area contributed by atoms with Crippen molar-refractivity contribution >= 4 is 15.3 Å². The molecule has 0 bridgehead atoms. The van der Waals surface area contributed by atoms with Crippen LogP contribution in [0.5, 0.6) is 0 Å². The number of aromatic nitrogens is 2. The maximum Gasteiger partial charge on any atom is 0.145 e. The Morgan fingerprint density at radius 2 is 1.71 bits per heavy atom. The predicted molar refractivity (Wildman–Crippen MR) is 67.7 cm³/mol. The van der Waals surface area contributed by atoms with Crippen LogP contribution >= 0.6 is 0 Å². The van der Waals surface area contributed by atoms with Crippen molar-refractivity contribution in [2.45, 2.75) is 45.6 Å². The number of hydrogen-bond acceptors (Lipinski definition) is 1. The van der Waals surface area contributed by atoms with Crippen LogP contribution < -0.4 is 0 Å². The van der Waals surface area contributed by atoms with Crippen LogP contribution in [0.15, 0.2) is 18.7 Å². The lowest BCUT2D eigenvalue weighted by Crippen LogP contribution is -2.61. The van der Waals surface area contributed by atoms with E-state index in [4.69, 9.17) is 0 Å². The van der Waals surface area contributed by atoms with Gasteiger partial charge in [0.05, 0.1) is 13.9 Å². The first-order valence-electron chi connectivity index (χ1n) is 5.28. The quantitative estimate of drug-likeness (QED) is 0.724. The molecule has 0 amide bonds. The largest absolute Gasteiger partial charge is 0.367 e. The molecule has 0 spiro atoms. The zero-order chi connectivity index (χ0) is 11.0. The molecule has 0 atom stereocenters. The van der Waals surface area contributed by atoms with Crippen LogP contribution in [-0.2, 0) is 0 Å². The normalized spacial score (nSPS) is 13.6. The van der Waals surface area contributed by atoms with E-state index in [1.807, 2.05) is 12.5 Å². The highest BCUT2D eigenvalue weighted by Crippen LogP contribution is 2.30. The van der Waals surface area contributed by atoms with E-state index in [1.54, 1.807) is 0 Å². The van der Waals surface area contributed by atoms with Crippen molar-refractivity contribution in [1.29, 1.82) is 0 Å². The molecule has 14 heavy (non-hydrogen) atoms. The van der Waals surface area contributed by atoms with Crippen molar-refractivity contribution in [2.24, 2.45) is 0 Å². The molecule has 0 N–H and O–H groups in total. The Hall–Kier alpha value is -0.356. The van der Waals surface area contributed by atoms with Gasteiger partial charge in [-0.05, 0) is 0 Å². The van der Waals surface area contributed by atoms with Crippen LogP contribution in [-0.4, -0.2) is 24.6 Å². The average Bonchev–Trinajstić information content (AvgIpc) is 2.55. The molecule has 0 radical (unpaired) electrons. The summed E-state index contributed by atoms with van der Waals surface area (Å²) in [5.74, 6) is 0. The summed E-state index contributed by atoms with van der Waals surface area (Å²) in [7, 11) is -2.48. The Kier molecular flexibility index (Phi) is 3.06. The molecule has 0 aliphatic heterocycles. The standard InChI is InChI=1S/C10H22N2Si2/c1-10(2)13(3,4)14(5,6)12-8-7-11-9-12/h7-10H,1-6H3. The van der Waals surface area contributed by atoms with Gasteiger partial charge < -0.3 is 4.23 Å². The Labute approximate surface area is 89.3 Å². The lowest BCUT2D eigenvalue weighted by molar-refractivity contribution is 1.01. The molecule has 0 saturated carbocycles. The smallest absolute Gasteiger partial charge is 0.145 e. The van der Waals surface area contributed by atoms with Crippen LogP contribution in [0.3, 0.4) is 0 Å². The van der Waals surface area contributed by atoms with Gasteiger partial charge in [0.15, 0.2) is 0 Å². The van der Waals surface area contributed by atoms with Crippen LogP contribution in [0, 0.1) is 0 Å². The molecule has 0 saturated heterocycles. The summed E-state index contributed by atoms with van der Waals surface area (Å²) >= 11 is 0. The van der Waals surface area contributed by atoms with Gasteiger partial charge in [-0.25, -0.2) is 4.98 Å². The van der Waals surface area contributed by atoms with Gasteiger partial charge in [-0.2, -0.15) is 0 Å². The molecule has 1 aromatic heterocycles. The summed E-state index contributed by atoms with van der Waals surface area (Å²) in [4.78, 5) is 4.18. The summed E-state index contributed by atoms with van der Waals surface area (Å²) in [6, 6.07) is 0.